The smallest absolute Gasteiger partial charge is 0.244 e. The second-order valence-corrected chi connectivity index (χ2v) is 9.06. The number of piperidine rings is 1. The molecule has 4 N–H and O–H groups in total. The van der Waals surface area contributed by atoms with Crippen LogP contribution in [0.4, 0.5) is 5.95 Å². The third kappa shape index (κ3) is 6.20. The van der Waals surface area contributed by atoms with Gasteiger partial charge in [-0.25, -0.2) is 4.98 Å². The third-order valence-electron chi connectivity index (χ3n) is 6.73. The van der Waals surface area contributed by atoms with Crippen molar-refractivity contribution in [3.63, 3.8) is 0 Å². The van der Waals surface area contributed by atoms with E-state index in [1.54, 1.807) is 12.4 Å². The molecule has 1 aliphatic heterocycles. The fourth-order valence-electron chi connectivity index (χ4n) is 4.75. The molecule has 3 rings (SSSR count). The average molecular weight is 430 g/mol. The summed E-state index contributed by atoms with van der Waals surface area (Å²) >= 11 is 0. The molecule has 2 heterocycles. The molecule has 2 amide bonds. The lowest BCUT2D eigenvalue weighted by molar-refractivity contribution is -0.125. The van der Waals surface area contributed by atoms with E-state index in [0.29, 0.717) is 37.7 Å². The standard InChI is InChI=1S/C22H35N7O2/c1-28-13-8-22(16-23,9-14-28)27-20(31)18(15-17-5-3-2-4-6-17)29(12-7-19(24)30)21-25-10-11-26-21/h10-11,17-18H,2-9,12-15H2,1H3,(H2,24,30)(H,25,26)(H,27,31). The maximum Gasteiger partial charge on any atom is 0.244 e. The fraction of sp³-hybridized carbons (Fsp3) is 0.727. The highest BCUT2D eigenvalue weighted by atomic mass is 16.2. The van der Waals surface area contributed by atoms with E-state index in [1.165, 1.54) is 19.3 Å². The molecule has 1 saturated heterocycles. The van der Waals surface area contributed by atoms with E-state index in [4.69, 9.17) is 5.73 Å². The summed E-state index contributed by atoms with van der Waals surface area (Å²) in [4.78, 5) is 36.6. The van der Waals surface area contributed by atoms with Crippen molar-refractivity contribution in [2.45, 2.75) is 69.4 Å². The first kappa shape index (κ1) is 23.1. The quantitative estimate of drug-likeness (QED) is 0.546. The summed E-state index contributed by atoms with van der Waals surface area (Å²) in [5.74, 6) is 0.396. The minimum absolute atomic E-state index is 0.128. The van der Waals surface area contributed by atoms with Crippen LogP contribution >= 0.6 is 0 Å². The number of rotatable bonds is 9. The molecule has 9 nitrogen and oxygen atoms in total. The molecule has 1 aromatic rings. The topological polar surface area (TPSA) is 131 Å². The molecule has 0 bridgehead atoms. The van der Waals surface area contributed by atoms with Crippen LogP contribution in [0.5, 0.6) is 0 Å². The number of aromatic amines is 1. The number of aromatic nitrogens is 2. The number of nitriles is 1. The minimum Gasteiger partial charge on any atom is -0.370 e. The number of hydrogen-bond acceptors (Lipinski definition) is 6. The number of amides is 2. The van der Waals surface area contributed by atoms with Crippen molar-refractivity contribution in [2.75, 3.05) is 31.6 Å². The van der Waals surface area contributed by atoms with Gasteiger partial charge in [-0.05, 0) is 32.2 Å². The Balaban J connectivity index is 1.83. The van der Waals surface area contributed by atoms with Crippen molar-refractivity contribution in [1.29, 1.82) is 5.26 Å². The Bertz CT molecular complexity index is 759. The van der Waals surface area contributed by atoms with Crippen molar-refractivity contribution in [2.24, 2.45) is 11.7 Å². The van der Waals surface area contributed by atoms with Crippen molar-refractivity contribution < 1.29 is 9.59 Å². The van der Waals surface area contributed by atoms with E-state index in [2.05, 4.69) is 26.3 Å². The molecule has 2 fully saturated rings. The van der Waals surface area contributed by atoms with E-state index in [1.807, 2.05) is 11.9 Å². The zero-order chi connectivity index (χ0) is 22.3. The Morgan fingerprint density at radius 1 is 1.39 bits per heavy atom. The van der Waals surface area contributed by atoms with Gasteiger partial charge in [0.25, 0.3) is 0 Å². The van der Waals surface area contributed by atoms with Gasteiger partial charge in [-0.3, -0.25) is 9.59 Å². The summed E-state index contributed by atoms with van der Waals surface area (Å²) < 4.78 is 0. The molecule has 0 aromatic carbocycles. The van der Waals surface area contributed by atoms with E-state index in [9.17, 15) is 14.9 Å². The van der Waals surface area contributed by atoms with Crippen LogP contribution in [-0.2, 0) is 9.59 Å². The molecule has 170 valence electrons. The summed E-state index contributed by atoms with van der Waals surface area (Å²) in [6.45, 7) is 1.84. The first-order valence-corrected chi connectivity index (χ1v) is 11.4. The SMILES string of the molecule is CN1CCC(C#N)(NC(=O)C(CC2CCCCC2)N(CCC(N)=O)c2ncc[nH]2)CC1. The summed E-state index contributed by atoms with van der Waals surface area (Å²) in [6, 6.07) is 1.86. The number of H-pyrrole nitrogens is 1. The molecule has 1 saturated carbocycles. The van der Waals surface area contributed by atoms with Gasteiger partial charge in [0.05, 0.1) is 6.07 Å². The summed E-state index contributed by atoms with van der Waals surface area (Å²) in [5.41, 5.74) is 4.56. The van der Waals surface area contributed by atoms with E-state index >= 15 is 0 Å². The fourth-order valence-corrected chi connectivity index (χ4v) is 4.75. The second kappa shape index (κ2) is 10.6. The summed E-state index contributed by atoms with van der Waals surface area (Å²) in [6.07, 6.45) is 11.1. The number of nitrogens with zero attached hydrogens (tertiary/aromatic N) is 4. The Labute approximate surface area is 184 Å². The lowest BCUT2D eigenvalue weighted by Crippen LogP contribution is -2.59. The number of likely N-dealkylation sites (tertiary alicyclic amines) is 1. The Morgan fingerprint density at radius 2 is 2.10 bits per heavy atom. The normalized spacial score (nSPS) is 20.5. The van der Waals surface area contributed by atoms with Crippen LogP contribution in [0.1, 0.15) is 57.8 Å². The van der Waals surface area contributed by atoms with Gasteiger partial charge in [0.1, 0.15) is 11.6 Å². The zero-order valence-electron chi connectivity index (χ0n) is 18.5. The molecule has 1 atom stereocenters. The third-order valence-corrected chi connectivity index (χ3v) is 6.73. The van der Waals surface area contributed by atoms with E-state index in [0.717, 1.165) is 25.9 Å². The van der Waals surface area contributed by atoms with E-state index < -0.39 is 17.5 Å². The van der Waals surface area contributed by atoms with Gasteiger partial charge >= 0.3 is 0 Å². The summed E-state index contributed by atoms with van der Waals surface area (Å²) in [5, 5.41) is 13.0. The maximum atomic E-state index is 13.6. The van der Waals surface area contributed by atoms with Gasteiger partial charge in [0, 0.05) is 38.4 Å². The van der Waals surface area contributed by atoms with Gasteiger partial charge in [0.2, 0.25) is 17.8 Å². The number of imidazole rings is 1. The molecule has 0 radical (unpaired) electrons. The first-order valence-electron chi connectivity index (χ1n) is 11.4. The number of nitrogens with one attached hydrogen (secondary N) is 2. The maximum absolute atomic E-state index is 13.6. The zero-order valence-corrected chi connectivity index (χ0v) is 18.5. The monoisotopic (exact) mass is 429 g/mol. The molecule has 1 aromatic heterocycles. The number of anilines is 1. The Kier molecular flexibility index (Phi) is 7.91. The molecule has 1 aliphatic carbocycles. The van der Waals surface area contributed by atoms with Crippen molar-refractivity contribution >= 4 is 17.8 Å². The lowest BCUT2D eigenvalue weighted by Gasteiger charge is -2.39. The predicted molar refractivity (Wildman–Crippen MR) is 118 cm³/mol. The van der Waals surface area contributed by atoms with Crippen LogP contribution < -0.4 is 16.0 Å². The average Bonchev–Trinajstić information content (AvgIpc) is 3.30. The molecule has 0 spiro atoms. The van der Waals surface area contributed by atoms with Gasteiger partial charge in [-0.2, -0.15) is 5.26 Å². The molecule has 2 aliphatic rings. The van der Waals surface area contributed by atoms with E-state index in [-0.39, 0.29) is 12.3 Å². The number of hydrogen-bond donors (Lipinski definition) is 3. The number of primary amides is 1. The Hall–Kier alpha value is -2.60. The van der Waals surface area contributed by atoms with Gasteiger partial charge in [0.15, 0.2) is 0 Å². The number of carbonyl (C=O) groups excluding carboxylic acids is 2. The van der Waals surface area contributed by atoms with Gasteiger partial charge in [-0.15, -0.1) is 0 Å². The van der Waals surface area contributed by atoms with Crippen LogP contribution in [0.3, 0.4) is 0 Å². The highest BCUT2D eigenvalue weighted by Crippen LogP contribution is 2.30. The minimum atomic E-state index is -0.854. The van der Waals surface area contributed by atoms with Crippen LogP contribution in [-0.4, -0.2) is 64.9 Å². The van der Waals surface area contributed by atoms with Crippen molar-refractivity contribution in [3.05, 3.63) is 12.4 Å². The highest BCUT2D eigenvalue weighted by molar-refractivity contribution is 5.86. The predicted octanol–water partition coefficient (Wildman–Crippen LogP) is 1.53. The van der Waals surface area contributed by atoms with Crippen molar-refractivity contribution in [3.8, 4) is 6.07 Å². The highest BCUT2D eigenvalue weighted by Gasteiger charge is 2.39. The van der Waals surface area contributed by atoms with Crippen molar-refractivity contribution in [1.82, 2.24) is 20.2 Å². The first-order chi connectivity index (χ1) is 14.9. The lowest BCUT2D eigenvalue weighted by atomic mass is 9.83. The van der Waals surface area contributed by atoms with Crippen LogP contribution in [0.15, 0.2) is 12.4 Å². The molecular formula is C22H35N7O2. The Morgan fingerprint density at radius 3 is 2.68 bits per heavy atom. The van der Waals surface area contributed by atoms with Crippen LogP contribution in [0.25, 0.3) is 0 Å². The molecule has 31 heavy (non-hydrogen) atoms. The molecular weight excluding hydrogens is 394 g/mol. The molecule has 1 unspecified atom stereocenters. The number of carbonyl (C=O) groups is 2. The van der Waals surface area contributed by atoms with Gasteiger partial charge < -0.3 is 25.8 Å². The van der Waals surface area contributed by atoms with Crippen LogP contribution in [0, 0.1) is 17.2 Å². The van der Waals surface area contributed by atoms with Gasteiger partial charge in [-0.1, -0.05) is 32.1 Å². The largest absolute Gasteiger partial charge is 0.370 e. The second-order valence-electron chi connectivity index (χ2n) is 9.06. The number of nitrogens with two attached hydrogens (primary N) is 1. The van der Waals surface area contributed by atoms with Crippen LogP contribution in [0.2, 0.25) is 0 Å². The molecule has 9 heteroatoms. The summed E-state index contributed by atoms with van der Waals surface area (Å²) in [7, 11) is 2.03.